The molecule has 0 aliphatic heterocycles. The summed E-state index contributed by atoms with van der Waals surface area (Å²) in [5, 5.41) is 11.4. The average molecular weight is 263 g/mol. The first-order valence-electron chi connectivity index (χ1n) is 6.73. The van der Waals surface area contributed by atoms with E-state index in [-0.39, 0.29) is 12.3 Å². The molecule has 104 valence electrons. The molecule has 0 atom stereocenters. The standard InChI is InChI=1S/C15H21NO3/c1-2-12-8-5-6-9-13(12)15(19)16-11-7-3-4-10-14(17)18/h5-6,8-9H,2-4,7,10-11H2,1H3,(H,16,19)(H,17,18). The van der Waals surface area contributed by atoms with Crippen molar-refractivity contribution in [3.63, 3.8) is 0 Å². The molecule has 0 saturated carbocycles. The normalized spacial score (nSPS) is 10.2. The first kappa shape index (κ1) is 15.2. The van der Waals surface area contributed by atoms with Gasteiger partial charge in [-0.15, -0.1) is 0 Å². The number of aryl methyl sites for hydroxylation is 1. The number of aliphatic carboxylic acids is 1. The van der Waals surface area contributed by atoms with Crippen LogP contribution in [0.25, 0.3) is 0 Å². The minimum Gasteiger partial charge on any atom is -0.481 e. The molecular weight excluding hydrogens is 242 g/mol. The van der Waals surface area contributed by atoms with E-state index in [4.69, 9.17) is 5.11 Å². The number of carboxylic acid groups (broad SMARTS) is 1. The maximum Gasteiger partial charge on any atom is 0.303 e. The molecule has 0 aromatic heterocycles. The van der Waals surface area contributed by atoms with Crippen molar-refractivity contribution in [2.45, 2.75) is 39.0 Å². The number of carbonyl (C=O) groups excluding carboxylic acids is 1. The van der Waals surface area contributed by atoms with Crippen LogP contribution in [0.15, 0.2) is 24.3 Å². The fraction of sp³-hybridized carbons (Fsp3) is 0.467. The first-order chi connectivity index (χ1) is 9.15. The number of nitrogens with one attached hydrogen (secondary N) is 1. The summed E-state index contributed by atoms with van der Waals surface area (Å²) in [6.45, 7) is 2.62. The number of rotatable bonds is 8. The molecule has 1 aromatic carbocycles. The van der Waals surface area contributed by atoms with Crippen LogP contribution in [0.3, 0.4) is 0 Å². The van der Waals surface area contributed by atoms with Crippen molar-refractivity contribution < 1.29 is 14.7 Å². The topological polar surface area (TPSA) is 66.4 Å². The Morgan fingerprint density at radius 1 is 1.16 bits per heavy atom. The molecule has 0 aliphatic rings. The van der Waals surface area contributed by atoms with Gasteiger partial charge in [-0.25, -0.2) is 0 Å². The molecule has 0 saturated heterocycles. The molecule has 19 heavy (non-hydrogen) atoms. The van der Waals surface area contributed by atoms with Crippen LogP contribution in [0.5, 0.6) is 0 Å². The molecule has 0 fully saturated rings. The van der Waals surface area contributed by atoms with E-state index in [2.05, 4.69) is 5.32 Å². The summed E-state index contributed by atoms with van der Waals surface area (Å²) in [5.74, 6) is -0.809. The number of carbonyl (C=O) groups is 2. The number of hydrogen-bond donors (Lipinski definition) is 2. The lowest BCUT2D eigenvalue weighted by atomic mass is 10.0. The number of hydrogen-bond acceptors (Lipinski definition) is 2. The van der Waals surface area contributed by atoms with Gasteiger partial charge in [-0.1, -0.05) is 31.5 Å². The third-order valence-electron chi connectivity index (χ3n) is 3.00. The van der Waals surface area contributed by atoms with E-state index < -0.39 is 5.97 Å². The third kappa shape index (κ3) is 5.55. The molecule has 2 N–H and O–H groups in total. The molecule has 0 heterocycles. The highest BCUT2D eigenvalue weighted by Crippen LogP contribution is 2.09. The van der Waals surface area contributed by atoms with Gasteiger partial charge in [0.25, 0.3) is 5.91 Å². The van der Waals surface area contributed by atoms with Crippen LogP contribution in [0.2, 0.25) is 0 Å². The Hall–Kier alpha value is -1.84. The van der Waals surface area contributed by atoms with Gasteiger partial charge >= 0.3 is 5.97 Å². The zero-order chi connectivity index (χ0) is 14.1. The van der Waals surface area contributed by atoms with Crippen LogP contribution in [-0.2, 0) is 11.2 Å². The molecule has 1 rings (SSSR count). The van der Waals surface area contributed by atoms with E-state index in [1.165, 1.54) is 0 Å². The second-order valence-corrected chi connectivity index (χ2v) is 4.47. The summed E-state index contributed by atoms with van der Waals surface area (Å²) in [4.78, 5) is 22.3. The highest BCUT2D eigenvalue weighted by molar-refractivity contribution is 5.95. The SMILES string of the molecule is CCc1ccccc1C(=O)NCCCCCC(=O)O. The lowest BCUT2D eigenvalue weighted by Crippen LogP contribution is -2.25. The van der Waals surface area contributed by atoms with Crippen LogP contribution in [-0.4, -0.2) is 23.5 Å². The van der Waals surface area contributed by atoms with Crippen molar-refractivity contribution >= 4 is 11.9 Å². The van der Waals surface area contributed by atoms with Gasteiger partial charge in [0.1, 0.15) is 0 Å². The molecule has 0 unspecified atom stereocenters. The largest absolute Gasteiger partial charge is 0.481 e. The second-order valence-electron chi connectivity index (χ2n) is 4.47. The molecule has 4 nitrogen and oxygen atoms in total. The number of amides is 1. The van der Waals surface area contributed by atoms with Crippen molar-refractivity contribution in [1.82, 2.24) is 5.32 Å². The second kappa shape index (κ2) is 8.29. The van der Waals surface area contributed by atoms with Crippen molar-refractivity contribution in [1.29, 1.82) is 0 Å². The van der Waals surface area contributed by atoms with Gasteiger partial charge in [-0.2, -0.15) is 0 Å². The van der Waals surface area contributed by atoms with E-state index >= 15 is 0 Å². The van der Waals surface area contributed by atoms with Crippen molar-refractivity contribution in [3.8, 4) is 0 Å². The van der Waals surface area contributed by atoms with Crippen molar-refractivity contribution in [2.24, 2.45) is 0 Å². The van der Waals surface area contributed by atoms with Crippen LogP contribution >= 0.6 is 0 Å². The number of carboxylic acids is 1. The van der Waals surface area contributed by atoms with E-state index in [9.17, 15) is 9.59 Å². The van der Waals surface area contributed by atoms with Crippen LogP contribution in [0.4, 0.5) is 0 Å². The minimum atomic E-state index is -0.763. The molecular formula is C15H21NO3. The summed E-state index contributed by atoms with van der Waals surface area (Å²) in [6, 6.07) is 7.59. The van der Waals surface area contributed by atoms with Gasteiger partial charge in [0, 0.05) is 18.5 Å². The van der Waals surface area contributed by atoms with E-state index in [1.54, 1.807) is 0 Å². The first-order valence-corrected chi connectivity index (χ1v) is 6.73. The van der Waals surface area contributed by atoms with E-state index in [0.29, 0.717) is 13.0 Å². The molecule has 1 amide bonds. The van der Waals surface area contributed by atoms with Gasteiger partial charge in [0.05, 0.1) is 0 Å². The van der Waals surface area contributed by atoms with Gasteiger partial charge in [0.2, 0.25) is 0 Å². The molecule has 4 heteroatoms. The van der Waals surface area contributed by atoms with Gasteiger partial charge in [0.15, 0.2) is 0 Å². The molecule has 0 aliphatic carbocycles. The highest BCUT2D eigenvalue weighted by atomic mass is 16.4. The van der Waals surface area contributed by atoms with Crippen LogP contribution in [0.1, 0.15) is 48.5 Å². The molecule has 0 spiro atoms. The van der Waals surface area contributed by atoms with Crippen LogP contribution in [0, 0.1) is 0 Å². The maximum atomic E-state index is 12.0. The van der Waals surface area contributed by atoms with Gasteiger partial charge in [-0.05, 0) is 30.9 Å². The highest BCUT2D eigenvalue weighted by Gasteiger charge is 2.08. The lowest BCUT2D eigenvalue weighted by Gasteiger charge is -2.08. The zero-order valence-corrected chi connectivity index (χ0v) is 11.3. The minimum absolute atomic E-state index is 0.0457. The predicted molar refractivity (Wildman–Crippen MR) is 74.3 cm³/mol. The number of benzene rings is 1. The monoisotopic (exact) mass is 263 g/mol. The summed E-state index contributed by atoms with van der Waals surface area (Å²) in [6.07, 6.45) is 3.33. The fourth-order valence-electron chi connectivity index (χ4n) is 1.93. The van der Waals surface area contributed by atoms with E-state index in [0.717, 1.165) is 30.4 Å². The lowest BCUT2D eigenvalue weighted by molar-refractivity contribution is -0.137. The Morgan fingerprint density at radius 2 is 1.89 bits per heavy atom. The summed E-state index contributed by atoms with van der Waals surface area (Å²) in [7, 11) is 0. The predicted octanol–water partition coefficient (Wildman–Crippen LogP) is 2.62. The zero-order valence-electron chi connectivity index (χ0n) is 11.3. The smallest absolute Gasteiger partial charge is 0.303 e. The Balaban J connectivity index is 2.29. The Bertz CT molecular complexity index is 429. The van der Waals surface area contributed by atoms with Gasteiger partial charge in [-0.3, -0.25) is 9.59 Å². The van der Waals surface area contributed by atoms with Crippen LogP contribution < -0.4 is 5.32 Å². The Kier molecular flexibility index (Phi) is 6.64. The molecule has 0 bridgehead atoms. The Morgan fingerprint density at radius 3 is 2.58 bits per heavy atom. The van der Waals surface area contributed by atoms with E-state index in [1.807, 2.05) is 31.2 Å². The van der Waals surface area contributed by atoms with Crippen molar-refractivity contribution in [3.05, 3.63) is 35.4 Å². The number of unbranched alkanes of at least 4 members (excludes halogenated alkanes) is 2. The maximum absolute atomic E-state index is 12.0. The fourth-order valence-corrected chi connectivity index (χ4v) is 1.93. The molecule has 0 radical (unpaired) electrons. The summed E-state index contributed by atoms with van der Waals surface area (Å²) in [5.41, 5.74) is 1.78. The van der Waals surface area contributed by atoms with Crippen molar-refractivity contribution in [2.75, 3.05) is 6.54 Å². The summed E-state index contributed by atoms with van der Waals surface area (Å²) >= 11 is 0. The average Bonchev–Trinajstić information content (AvgIpc) is 2.42. The van der Waals surface area contributed by atoms with Gasteiger partial charge < -0.3 is 10.4 Å². The third-order valence-corrected chi connectivity index (χ3v) is 3.00. The molecule has 1 aromatic rings. The Labute approximate surface area is 113 Å². The quantitative estimate of drug-likeness (QED) is 0.708. The summed E-state index contributed by atoms with van der Waals surface area (Å²) < 4.78 is 0.